The molecule has 90 valence electrons. The van der Waals surface area contributed by atoms with Crippen LogP contribution in [-0.4, -0.2) is 29.3 Å². The summed E-state index contributed by atoms with van der Waals surface area (Å²) in [5.74, 6) is 1.75. The van der Waals surface area contributed by atoms with Crippen LogP contribution in [0.15, 0.2) is 30.6 Å². The van der Waals surface area contributed by atoms with E-state index >= 15 is 0 Å². The molecule has 5 nitrogen and oxygen atoms in total. The van der Waals surface area contributed by atoms with E-state index in [4.69, 9.17) is 9.47 Å². The Balaban J connectivity index is 2.37. The third-order valence-corrected chi connectivity index (χ3v) is 2.47. The van der Waals surface area contributed by atoms with Crippen LogP contribution < -0.4 is 9.47 Å². The zero-order valence-electron chi connectivity index (χ0n) is 9.68. The van der Waals surface area contributed by atoms with Crippen LogP contribution in [0.2, 0.25) is 0 Å². The quantitative estimate of drug-likeness (QED) is 0.841. The standard InChI is InChI=1S/C12H14N2O3/c1-16-9-5-8(6-10(7-9)17-2)11(15)12-13-3-4-14-12/h3-7,11,15H,1-2H3,(H,13,14). The molecule has 0 aliphatic rings. The van der Waals surface area contributed by atoms with Crippen molar-refractivity contribution in [2.24, 2.45) is 0 Å². The number of aliphatic hydroxyl groups excluding tert-OH is 1. The minimum atomic E-state index is -0.825. The molecular weight excluding hydrogens is 220 g/mol. The van der Waals surface area contributed by atoms with Crippen molar-refractivity contribution in [2.75, 3.05) is 14.2 Å². The molecule has 1 aromatic carbocycles. The smallest absolute Gasteiger partial charge is 0.139 e. The zero-order valence-corrected chi connectivity index (χ0v) is 9.68. The van der Waals surface area contributed by atoms with Gasteiger partial charge in [-0.1, -0.05) is 0 Å². The number of imidazole rings is 1. The van der Waals surface area contributed by atoms with Crippen molar-refractivity contribution in [2.45, 2.75) is 6.10 Å². The van der Waals surface area contributed by atoms with E-state index in [9.17, 15) is 5.11 Å². The summed E-state index contributed by atoms with van der Waals surface area (Å²) in [5.41, 5.74) is 0.663. The molecule has 0 bridgehead atoms. The summed E-state index contributed by atoms with van der Waals surface area (Å²) in [5, 5.41) is 10.1. The Morgan fingerprint density at radius 3 is 2.29 bits per heavy atom. The average molecular weight is 234 g/mol. The van der Waals surface area contributed by atoms with Crippen LogP contribution in [0.4, 0.5) is 0 Å². The van der Waals surface area contributed by atoms with E-state index in [1.165, 1.54) is 0 Å². The van der Waals surface area contributed by atoms with Crippen LogP contribution in [0, 0.1) is 0 Å². The van der Waals surface area contributed by atoms with Crippen LogP contribution in [-0.2, 0) is 0 Å². The van der Waals surface area contributed by atoms with Gasteiger partial charge in [-0.3, -0.25) is 0 Å². The lowest BCUT2D eigenvalue weighted by atomic mass is 10.1. The van der Waals surface area contributed by atoms with Crippen molar-refractivity contribution in [3.05, 3.63) is 42.0 Å². The second-order valence-electron chi connectivity index (χ2n) is 3.52. The first kappa shape index (κ1) is 11.5. The monoisotopic (exact) mass is 234 g/mol. The van der Waals surface area contributed by atoms with Crippen molar-refractivity contribution in [3.8, 4) is 11.5 Å². The van der Waals surface area contributed by atoms with Gasteiger partial charge in [-0.05, 0) is 17.7 Å². The Hall–Kier alpha value is -2.01. The number of H-pyrrole nitrogens is 1. The van der Waals surface area contributed by atoms with E-state index in [2.05, 4.69) is 9.97 Å². The van der Waals surface area contributed by atoms with E-state index in [1.807, 2.05) is 0 Å². The van der Waals surface area contributed by atoms with Gasteiger partial charge in [-0.2, -0.15) is 0 Å². The summed E-state index contributed by atoms with van der Waals surface area (Å²) < 4.78 is 10.3. The Bertz CT molecular complexity index is 460. The molecule has 1 heterocycles. The van der Waals surface area contributed by atoms with Gasteiger partial charge in [-0.25, -0.2) is 4.98 Å². The third kappa shape index (κ3) is 2.39. The lowest BCUT2D eigenvalue weighted by Gasteiger charge is -2.12. The number of nitrogens with zero attached hydrogens (tertiary/aromatic N) is 1. The van der Waals surface area contributed by atoms with Gasteiger partial charge in [-0.15, -0.1) is 0 Å². The summed E-state index contributed by atoms with van der Waals surface area (Å²) in [6.07, 6.45) is 2.43. The molecule has 5 heteroatoms. The van der Waals surface area contributed by atoms with Gasteiger partial charge in [0, 0.05) is 18.5 Å². The summed E-state index contributed by atoms with van der Waals surface area (Å²) in [4.78, 5) is 6.88. The number of aliphatic hydroxyl groups is 1. The van der Waals surface area contributed by atoms with Crippen molar-refractivity contribution in [1.29, 1.82) is 0 Å². The van der Waals surface area contributed by atoms with Crippen LogP contribution >= 0.6 is 0 Å². The minimum absolute atomic E-state index is 0.486. The molecule has 0 amide bonds. The summed E-state index contributed by atoms with van der Waals surface area (Å²) in [7, 11) is 3.13. The molecule has 0 aliphatic carbocycles. The number of benzene rings is 1. The topological polar surface area (TPSA) is 67.4 Å². The third-order valence-electron chi connectivity index (χ3n) is 2.47. The first-order chi connectivity index (χ1) is 8.24. The summed E-state index contributed by atoms with van der Waals surface area (Å²) >= 11 is 0. The maximum absolute atomic E-state index is 10.1. The molecule has 0 fully saturated rings. The Kier molecular flexibility index (Phi) is 3.30. The molecule has 2 rings (SSSR count). The number of hydrogen-bond donors (Lipinski definition) is 2. The molecular formula is C12H14N2O3. The predicted molar refractivity (Wildman–Crippen MR) is 62.2 cm³/mol. The van der Waals surface area contributed by atoms with Gasteiger partial charge in [0.1, 0.15) is 23.4 Å². The highest BCUT2D eigenvalue weighted by Crippen LogP contribution is 2.28. The minimum Gasteiger partial charge on any atom is -0.497 e. The molecule has 1 aromatic heterocycles. The fourth-order valence-corrected chi connectivity index (χ4v) is 1.57. The second kappa shape index (κ2) is 4.88. The van der Waals surface area contributed by atoms with E-state index in [-0.39, 0.29) is 0 Å². The second-order valence-corrected chi connectivity index (χ2v) is 3.52. The number of aromatic nitrogens is 2. The Morgan fingerprint density at radius 1 is 1.18 bits per heavy atom. The van der Waals surface area contributed by atoms with Crippen molar-refractivity contribution in [1.82, 2.24) is 9.97 Å². The molecule has 2 N–H and O–H groups in total. The lowest BCUT2D eigenvalue weighted by molar-refractivity contribution is 0.210. The molecule has 0 spiro atoms. The highest BCUT2D eigenvalue weighted by atomic mass is 16.5. The fourth-order valence-electron chi connectivity index (χ4n) is 1.57. The number of aromatic amines is 1. The molecule has 1 atom stereocenters. The van der Waals surface area contributed by atoms with Crippen molar-refractivity contribution >= 4 is 0 Å². The first-order valence-electron chi connectivity index (χ1n) is 5.15. The van der Waals surface area contributed by atoms with E-state index in [0.717, 1.165) is 0 Å². The number of rotatable bonds is 4. The normalized spacial score (nSPS) is 12.2. The number of ether oxygens (including phenoxy) is 2. The van der Waals surface area contributed by atoms with Crippen LogP contribution in [0.1, 0.15) is 17.5 Å². The molecule has 2 aromatic rings. The number of methoxy groups -OCH3 is 2. The summed E-state index contributed by atoms with van der Waals surface area (Å²) in [6, 6.07) is 5.24. The van der Waals surface area contributed by atoms with Crippen molar-refractivity contribution in [3.63, 3.8) is 0 Å². The van der Waals surface area contributed by atoms with Gasteiger partial charge >= 0.3 is 0 Å². The number of nitrogens with one attached hydrogen (secondary N) is 1. The summed E-state index contributed by atoms with van der Waals surface area (Å²) in [6.45, 7) is 0. The largest absolute Gasteiger partial charge is 0.497 e. The highest BCUT2D eigenvalue weighted by molar-refractivity contribution is 5.40. The van der Waals surface area contributed by atoms with Crippen LogP contribution in [0.25, 0.3) is 0 Å². The number of hydrogen-bond acceptors (Lipinski definition) is 4. The van der Waals surface area contributed by atoms with Crippen molar-refractivity contribution < 1.29 is 14.6 Å². The van der Waals surface area contributed by atoms with Gasteiger partial charge < -0.3 is 19.6 Å². The maximum atomic E-state index is 10.1. The molecule has 0 saturated carbocycles. The zero-order chi connectivity index (χ0) is 12.3. The van der Waals surface area contributed by atoms with E-state index < -0.39 is 6.10 Å². The van der Waals surface area contributed by atoms with Gasteiger partial charge in [0.2, 0.25) is 0 Å². The Labute approximate surface area is 99.0 Å². The van der Waals surface area contributed by atoms with Gasteiger partial charge in [0.05, 0.1) is 14.2 Å². The Morgan fingerprint density at radius 2 is 1.82 bits per heavy atom. The lowest BCUT2D eigenvalue weighted by Crippen LogP contribution is -2.02. The predicted octanol–water partition coefficient (Wildman–Crippen LogP) is 1.51. The van der Waals surface area contributed by atoms with Crippen LogP contribution in [0.3, 0.4) is 0 Å². The first-order valence-corrected chi connectivity index (χ1v) is 5.15. The molecule has 1 unspecified atom stereocenters. The molecule has 17 heavy (non-hydrogen) atoms. The fraction of sp³-hybridized carbons (Fsp3) is 0.250. The molecule has 0 radical (unpaired) electrons. The van der Waals surface area contributed by atoms with E-state index in [0.29, 0.717) is 22.9 Å². The van der Waals surface area contributed by atoms with Gasteiger partial charge in [0.15, 0.2) is 0 Å². The highest BCUT2D eigenvalue weighted by Gasteiger charge is 2.14. The molecule has 0 aliphatic heterocycles. The maximum Gasteiger partial charge on any atom is 0.139 e. The van der Waals surface area contributed by atoms with Gasteiger partial charge in [0.25, 0.3) is 0 Å². The average Bonchev–Trinajstić information content (AvgIpc) is 2.91. The van der Waals surface area contributed by atoms with Crippen LogP contribution in [0.5, 0.6) is 11.5 Å². The van der Waals surface area contributed by atoms with E-state index in [1.54, 1.807) is 44.8 Å². The SMILES string of the molecule is COc1cc(OC)cc(C(O)c2ncc[nH]2)c1. The molecule has 0 saturated heterocycles.